The van der Waals surface area contributed by atoms with Crippen LogP contribution in [0.3, 0.4) is 0 Å². The van der Waals surface area contributed by atoms with E-state index in [1.165, 1.54) is 0 Å². The highest BCUT2D eigenvalue weighted by atomic mass is 16.2. The van der Waals surface area contributed by atoms with Crippen LogP contribution in [-0.4, -0.2) is 37.0 Å². The molecule has 0 atom stereocenters. The summed E-state index contributed by atoms with van der Waals surface area (Å²) in [7, 11) is 0. The molecule has 4 heteroatoms. The lowest BCUT2D eigenvalue weighted by molar-refractivity contribution is -0.118. The van der Waals surface area contributed by atoms with Crippen molar-refractivity contribution < 1.29 is 4.79 Å². The largest absolute Gasteiger partial charge is 0.397 e. The van der Waals surface area contributed by atoms with Crippen LogP contribution in [0, 0.1) is 0 Å². The summed E-state index contributed by atoms with van der Waals surface area (Å²) in [5.74, 6) is 0.0707. The number of nitrogens with zero attached hydrogens (tertiary/aromatic N) is 2. The molecular formula is C24H29N3O. The SMILES string of the molecule is CCN(CC)CCN(C(=O)Cc1cccc2ccccc12)c1ccccc1N. The highest BCUT2D eigenvalue weighted by molar-refractivity contribution is 5.99. The molecule has 0 aliphatic rings. The summed E-state index contributed by atoms with van der Waals surface area (Å²) >= 11 is 0. The van der Waals surface area contributed by atoms with E-state index in [-0.39, 0.29) is 5.91 Å². The van der Waals surface area contributed by atoms with Crippen LogP contribution in [0.4, 0.5) is 11.4 Å². The van der Waals surface area contributed by atoms with Gasteiger partial charge in [-0.15, -0.1) is 0 Å². The van der Waals surface area contributed by atoms with Crippen molar-refractivity contribution in [2.45, 2.75) is 20.3 Å². The molecule has 0 radical (unpaired) electrons. The van der Waals surface area contributed by atoms with Crippen LogP contribution in [0.1, 0.15) is 19.4 Å². The van der Waals surface area contributed by atoms with Crippen molar-refractivity contribution in [2.24, 2.45) is 0 Å². The first-order chi connectivity index (χ1) is 13.6. The molecule has 4 nitrogen and oxygen atoms in total. The molecule has 28 heavy (non-hydrogen) atoms. The Morgan fingerprint density at radius 2 is 1.54 bits per heavy atom. The summed E-state index contributed by atoms with van der Waals surface area (Å²) in [6.07, 6.45) is 0.355. The molecule has 2 N–H and O–H groups in total. The Labute approximate surface area is 167 Å². The van der Waals surface area contributed by atoms with E-state index in [0.29, 0.717) is 18.7 Å². The van der Waals surface area contributed by atoms with Crippen LogP contribution >= 0.6 is 0 Å². The molecule has 0 saturated carbocycles. The minimum Gasteiger partial charge on any atom is -0.397 e. The van der Waals surface area contributed by atoms with Crippen LogP contribution in [0.5, 0.6) is 0 Å². The van der Waals surface area contributed by atoms with Crippen LogP contribution in [0.25, 0.3) is 10.8 Å². The van der Waals surface area contributed by atoms with E-state index in [2.05, 4.69) is 36.9 Å². The quantitative estimate of drug-likeness (QED) is 0.596. The van der Waals surface area contributed by atoms with E-state index < -0.39 is 0 Å². The van der Waals surface area contributed by atoms with Crippen molar-refractivity contribution in [3.8, 4) is 0 Å². The van der Waals surface area contributed by atoms with Gasteiger partial charge < -0.3 is 15.5 Å². The number of rotatable bonds is 8. The molecule has 0 unspecified atom stereocenters. The molecule has 0 fully saturated rings. The Bertz CT molecular complexity index is 929. The van der Waals surface area contributed by atoms with E-state index in [0.717, 1.165) is 41.7 Å². The second-order valence-electron chi connectivity index (χ2n) is 6.95. The zero-order valence-electron chi connectivity index (χ0n) is 16.8. The number of hydrogen-bond donors (Lipinski definition) is 1. The van der Waals surface area contributed by atoms with Crippen molar-refractivity contribution in [3.63, 3.8) is 0 Å². The van der Waals surface area contributed by atoms with Crippen molar-refractivity contribution >= 4 is 28.1 Å². The molecule has 0 heterocycles. The fourth-order valence-electron chi connectivity index (χ4n) is 3.60. The van der Waals surface area contributed by atoms with Crippen molar-refractivity contribution in [3.05, 3.63) is 72.3 Å². The van der Waals surface area contributed by atoms with Crippen molar-refractivity contribution in [1.29, 1.82) is 0 Å². The number of nitrogens with two attached hydrogens (primary N) is 1. The molecule has 3 aromatic carbocycles. The Morgan fingerprint density at radius 1 is 0.857 bits per heavy atom. The van der Waals surface area contributed by atoms with Crippen molar-refractivity contribution in [1.82, 2.24) is 4.90 Å². The molecule has 0 aliphatic heterocycles. The minimum absolute atomic E-state index is 0.0707. The van der Waals surface area contributed by atoms with Gasteiger partial charge in [-0.25, -0.2) is 0 Å². The van der Waals surface area contributed by atoms with Gasteiger partial charge in [0.25, 0.3) is 0 Å². The van der Waals surface area contributed by atoms with E-state index in [1.54, 1.807) is 0 Å². The van der Waals surface area contributed by atoms with Gasteiger partial charge in [0.15, 0.2) is 0 Å². The van der Waals surface area contributed by atoms with Gasteiger partial charge in [0, 0.05) is 13.1 Å². The molecule has 3 rings (SSSR count). The number of likely N-dealkylation sites (N-methyl/N-ethyl adjacent to an activating group) is 1. The molecule has 146 valence electrons. The molecule has 0 saturated heterocycles. The smallest absolute Gasteiger partial charge is 0.231 e. The number of anilines is 2. The van der Waals surface area contributed by atoms with Gasteiger partial charge in [-0.3, -0.25) is 4.79 Å². The average molecular weight is 376 g/mol. The molecule has 0 aliphatic carbocycles. The van der Waals surface area contributed by atoms with Gasteiger partial charge in [0.2, 0.25) is 5.91 Å². The average Bonchev–Trinajstić information content (AvgIpc) is 2.72. The minimum atomic E-state index is 0.0707. The molecule has 1 amide bonds. The van der Waals surface area contributed by atoms with Gasteiger partial charge in [-0.2, -0.15) is 0 Å². The van der Waals surface area contributed by atoms with Crippen LogP contribution in [-0.2, 0) is 11.2 Å². The summed E-state index contributed by atoms with van der Waals surface area (Å²) in [4.78, 5) is 17.5. The maximum absolute atomic E-state index is 13.4. The summed E-state index contributed by atoms with van der Waals surface area (Å²) in [5, 5.41) is 2.28. The first-order valence-corrected chi connectivity index (χ1v) is 9.97. The number of hydrogen-bond acceptors (Lipinski definition) is 3. The highest BCUT2D eigenvalue weighted by Crippen LogP contribution is 2.25. The predicted octanol–water partition coefficient (Wildman–Crippen LogP) is 4.34. The summed E-state index contributed by atoms with van der Waals surface area (Å²) in [6.45, 7) is 7.66. The van der Waals surface area contributed by atoms with Gasteiger partial charge in [0.05, 0.1) is 17.8 Å². The third-order valence-electron chi connectivity index (χ3n) is 5.28. The van der Waals surface area contributed by atoms with Gasteiger partial charge in [-0.1, -0.05) is 68.4 Å². The Hall–Kier alpha value is -2.85. The normalized spacial score (nSPS) is 11.1. The lowest BCUT2D eigenvalue weighted by Gasteiger charge is -2.28. The van der Waals surface area contributed by atoms with Gasteiger partial charge in [0.1, 0.15) is 0 Å². The monoisotopic (exact) mass is 375 g/mol. The summed E-state index contributed by atoms with van der Waals surface area (Å²) in [6, 6.07) is 21.9. The third-order valence-corrected chi connectivity index (χ3v) is 5.28. The van der Waals surface area contributed by atoms with E-state index in [9.17, 15) is 4.79 Å². The van der Waals surface area contributed by atoms with Crippen molar-refractivity contribution in [2.75, 3.05) is 36.8 Å². The second kappa shape index (κ2) is 9.38. The number of amides is 1. The first-order valence-electron chi connectivity index (χ1n) is 9.97. The fourth-order valence-corrected chi connectivity index (χ4v) is 3.60. The van der Waals surface area contributed by atoms with E-state index >= 15 is 0 Å². The number of benzene rings is 3. The molecule has 0 spiro atoms. The maximum atomic E-state index is 13.4. The zero-order valence-corrected chi connectivity index (χ0v) is 16.8. The zero-order chi connectivity index (χ0) is 19.9. The summed E-state index contributed by atoms with van der Waals surface area (Å²) < 4.78 is 0. The highest BCUT2D eigenvalue weighted by Gasteiger charge is 2.19. The van der Waals surface area contributed by atoms with Crippen LogP contribution in [0.2, 0.25) is 0 Å². The Kier molecular flexibility index (Phi) is 6.66. The number of nitrogen functional groups attached to an aromatic ring is 1. The first kappa shape index (κ1) is 19.9. The Balaban J connectivity index is 1.88. The van der Waals surface area contributed by atoms with E-state index in [1.807, 2.05) is 53.4 Å². The Morgan fingerprint density at radius 3 is 2.29 bits per heavy atom. The molecule has 0 aromatic heterocycles. The third kappa shape index (κ3) is 4.52. The predicted molar refractivity (Wildman–Crippen MR) is 119 cm³/mol. The lowest BCUT2D eigenvalue weighted by Crippen LogP contribution is -2.40. The van der Waals surface area contributed by atoms with Crippen LogP contribution < -0.4 is 10.6 Å². The molecule has 0 bridgehead atoms. The van der Waals surface area contributed by atoms with Gasteiger partial charge in [-0.05, 0) is 41.6 Å². The lowest BCUT2D eigenvalue weighted by atomic mass is 10.0. The number of carbonyl (C=O) groups excluding carboxylic acids is 1. The van der Waals surface area contributed by atoms with E-state index in [4.69, 9.17) is 5.73 Å². The second-order valence-corrected chi connectivity index (χ2v) is 6.95. The van der Waals surface area contributed by atoms with Crippen LogP contribution in [0.15, 0.2) is 66.7 Å². The fraction of sp³-hybridized carbons (Fsp3) is 0.292. The number of fused-ring (bicyclic) bond motifs is 1. The number of para-hydroxylation sites is 2. The topological polar surface area (TPSA) is 49.6 Å². The number of carbonyl (C=O) groups is 1. The maximum Gasteiger partial charge on any atom is 0.231 e. The molecular weight excluding hydrogens is 346 g/mol. The standard InChI is InChI=1S/C24H29N3O/c1-3-26(4-2)16-17-27(23-15-8-7-14-22(23)25)24(28)18-20-12-9-11-19-10-5-6-13-21(19)20/h5-15H,3-4,16-18,25H2,1-2H3. The molecule has 3 aromatic rings. The van der Waals surface area contributed by atoms with Gasteiger partial charge >= 0.3 is 0 Å². The summed E-state index contributed by atoms with van der Waals surface area (Å²) in [5.41, 5.74) is 8.68.